The smallest absolute Gasteiger partial charge is 0.419 e. The molecule has 0 aliphatic rings. The van der Waals surface area contributed by atoms with Crippen molar-refractivity contribution in [2.45, 2.75) is 12.6 Å². The first-order valence-corrected chi connectivity index (χ1v) is 4.31. The molecule has 0 radical (unpaired) electrons. The lowest BCUT2D eigenvalue weighted by atomic mass is 10.1. The second-order valence-corrected chi connectivity index (χ2v) is 3.07. The number of halogens is 3. The first-order valence-electron chi connectivity index (χ1n) is 4.31. The van der Waals surface area contributed by atoms with Crippen molar-refractivity contribution in [3.05, 3.63) is 29.3 Å². The van der Waals surface area contributed by atoms with Crippen molar-refractivity contribution in [3.63, 3.8) is 0 Å². The number of rotatable bonds is 3. The zero-order valence-electron chi connectivity index (χ0n) is 8.34. The van der Waals surface area contributed by atoms with Crippen LogP contribution in [0.4, 0.5) is 13.2 Å². The number of benzene rings is 1. The van der Waals surface area contributed by atoms with Crippen LogP contribution < -0.4 is 4.74 Å². The van der Waals surface area contributed by atoms with Gasteiger partial charge >= 0.3 is 12.1 Å². The number of aliphatic carboxylic acids is 1. The molecule has 1 aromatic carbocycles. The number of methoxy groups -OCH3 is 1. The van der Waals surface area contributed by atoms with E-state index in [1.165, 1.54) is 6.07 Å². The predicted octanol–water partition coefficient (Wildman–Crippen LogP) is 2.34. The summed E-state index contributed by atoms with van der Waals surface area (Å²) in [5.41, 5.74) is -0.960. The molecule has 1 N–H and O–H groups in total. The highest BCUT2D eigenvalue weighted by Gasteiger charge is 2.35. The molecule has 88 valence electrons. The van der Waals surface area contributed by atoms with Crippen molar-refractivity contribution in [2.24, 2.45) is 0 Å². The van der Waals surface area contributed by atoms with Crippen molar-refractivity contribution in [2.75, 3.05) is 7.11 Å². The van der Waals surface area contributed by atoms with Crippen molar-refractivity contribution in [1.82, 2.24) is 0 Å². The molecule has 0 saturated carbocycles. The first-order chi connectivity index (χ1) is 7.36. The minimum Gasteiger partial charge on any atom is -0.496 e. The highest BCUT2D eigenvalue weighted by atomic mass is 19.4. The van der Waals surface area contributed by atoms with E-state index in [0.29, 0.717) is 0 Å². The van der Waals surface area contributed by atoms with Gasteiger partial charge in [0.05, 0.1) is 19.1 Å². The van der Waals surface area contributed by atoms with Gasteiger partial charge in [-0.2, -0.15) is 13.2 Å². The van der Waals surface area contributed by atoms with Crippen molar-refractivity contribution in [3.8, 4) is 5.75 Å². The molecule has 0 aliphatic heterocycles. The van der Waals surface area contributed by atoms with Crippen LogP contribution in [0.2, 0.25) is 0 Å². The summed E-state index contributed by atoms with van der Waals surface area (Å²) in [5, 5.41) is 8.54. The molecule has 0 fully saturated rings. The van der Waals surface area contributed by atoms with Gasteiger partial charge in [-0.25, -0.2) is 0 Å². The zero-order chi connectivity index (χ0) is 12.3. The minimum absolute atomic E-state index is 0.00447. The summed E-state index contributed by atoms with van der Waals surface area (Å²) in [7, 11) is 1.08. The van der Waals surface area contributed by atoms with Crippen LogP contribution in [0.3, 0.4) is 0 Å². The fraction of sp³-hybridized carbons (Fsp3) is 0.300. The number of carboxylic acid groups (broad SMARTS) is 1. The van der Waals surface area contributed by atoms with Crippen LogP contribution in [0.25, 0.3) is 0 Å². The van der Waals surface area contributed by atoms with E-state index in [1.807, 2.05) is 0 Å². The Morgan fingerprint density at radius 3 is 2.50 bits per heavy atom. The van der Waals surface area contributed by atoms with Gasteiger partial charge in [0, 0.05) is 5.56 Å². The molecular weight excluding hydrogens is 225 g/mol. The summed E-state index contributed by atoms with van der Waals surface area (Å²) in [6.45, 7) is 0. The van der Waals surface area contributed by atoms with E-state index in [0.717, 1.165) is 19.2 Å². The number of hydrogen-bond donors (Lipinski definition) is 1. The van der Waals surface area contributed by atoms with Crippen LogP contribution in [0.15, 0.2) is 18.2 Å². The van der Waals surface area contributed by atoms with Gasteiger partial charge in [0.15, 0.2) is 0 Å². The van der Waals surface area contributed by atoms with E-state index >= 15 is 0 Å². The van der Waals surface area contributed by atoms with Crippen LogP contribution in [-0.2, 0) is 17.4 Å². The maximum Gasteiger partial charge on any atom is 0.419 e. The molecule has 0 unspecified atom stereocenters. The highest BCUT2D eigenvalue weighted by Crippen LogP contribution is 2.38. The number of hydrogen-bond acceptors (Lipinski definition) is 2. The summed E-state index contributed by atoms with van der Waals surface area (Å²) >= 11 is 0. The number of carboxylic acids is 1. The van der Waals surface area contributed by atoms with Gasteiger partial charge in [-0.15, -0.1) is 0 Å². The topological polar surface area (TPSA) is 46.5 Å². The minimum atomic E-state index is -4.56. The Kier molecular flexibility index (Phi) is 3.41. The second-order valence-electron chi connectivity index (χ2n) is 3.07. The number of para-hydroxylation sites is 1. The molecule has 16 heavy (non-hydrogen) atoms. The summed E-state index contributed by atoms with van der Waals surface area (Å²) < 4.78 is 42.2. The molecule has 3 nitrogen and oxygen atoms in total. The fourth-order valence-electron chi connectivity index (χ4n) is 1.35. The standard InChI is InChI=1S/C10H9F3O3/c1-16-9-6(5-8(14)15)3-2-4-7(9)10(11,12)13/h2-4H,5H2,1H3,(H,14,15). The Morgan fingerprint density at radius 1 is 1.44 bits per heavy atom. The highest BCUT2D eigenvalue weighted by molar-refractivity contribution is 5.71. The van der Waals surface area contributed by atoms with Crippen LogP contribution in [0.1, 0.15) is 11.1 Å². The van der Waals surface area contributed by atoms with Crippen molar-refractivity contribution >= 4 is 5.97 Å². The number of alkyl halides is 3. The first kappa shape index (κ1) is 12.4. The van der Waals surface area contributed by atoms with E-state index in [2.05, 4.69) is 4.74 Å². The lowest BCUT2D eigenvalue weighted by molar-refractivity contribution is -0.139. The van der Waals surface area contributed by atoms with Gasteiger partial charge in [0.1, 0.15) is 5.75 Å². The van der Waals surface area contributed by atoms with E-state index in [4.69, 9.17) is 5.11 Å². The normalized spacial score (nSPS) is 11.2. The number of carbonyl (C=O) groups is 1. The van der Waals surface area contributed by atoms with Crippen molar-refractivity contribution in [1.29, 1.82) is 0 Å². The quantitative estimate of drug-likeness (QED) is 0.873. The largest absolute Gasteiger partial charge is 0.496 e. The average Bonchev–Trinajstić information content (AvgIpc) is 2.15. The van der Waals surface area contributed by atoms with E-state index in [1.54, 1.807) is 0 Å². The SMILES string of the molecule is COc1c(CC(=O)O)cccc1C(F)(F)F. The summed E-state index contributed by atoms with van der Waals surface area (Å²) in [6, 6.07) is 3.30. The third-order valence-electron chi connectivity index (χ3n) is 1.95. The van der Waals surface area contributed by atoms with Crippen LogP contribution >= 0.6 is 0 Å². The van der Waals surface area contributed by atoms with E-state index in [-0.39, 0.29) is 5.56 Å². The molecule has 0 amide bonds. The molecule has 0 aromatic heterocycles. The molecule has 0 atom stereocenters. The lowest BCUT2D eigenvalue weighted by Crippen LogP contribution is -2.10. The van der Waals surface area contributed by atoms with Gasteiger partial charge in [0.2, 0.25) is 0 Å². The Labute approximate surface area is 89.5 Å². The van der Waals surface area contributed by atoms with E-state index < -0.39 is 29.9 Å². The third-order valence-corrected chi connectivity index (χ3v) is 1.95. The van der Waals surface area contributed by atoms with Gasteiger partial charge < -0.3 is 9.84 Å². The van der Waals surface area contributed by atoms with E-state index in [9.17, 15) is 18.0 Å². The summed E-state index contributed by atoms with van der Waals surface area (Å²) in [4.78, 5) is 10.5. The van der Waals surface area contributed by atoms with Gasteiger partial charge in [0.25, 0.3) is 0 Å². The molecule has 0 heterocycles. The Morgan fingerprint density at radius 2 is 2.06 bits per heavy atom. The molecule has 0 aliphatic carbocycles. The van der Waals surface area contributed by atoms with Crippen LogP contribution in [-0.4, -0.2) is 18.2 Å². The summed E-state index contributed by atoms with van der Waals surface area (Å²) in [6.07, 6.45) is -5.06. The zero-order valence-corrected chi connectivity index (χ0v) is 8.34. The number of ether oxygens (including phenoxy) is 1. The third kappa shape index (κ3) is 2.65. The van der Waals surface area contributed by atoms with Crippen LogP contribution in [0.5, 0.6) is 5.75 Å². The molecule has 0 saturated heterocycles. The maximum absolute atomic E-state index is 12.5. The summed E-state index contributed by atoms with van der Waals surface area (Å²) in [5.74, 6) is -1.64. The van der Waals surface area contributed by atoms with Crippen molar-refractivity contribution < 1.29 is 27.8 Å². The maximum atomic E-state index is 12.5. The van der Waals surface area contributed by atoms with Gasteiger partial charge in [-0.1, -0.05) is 12.1 Å². The molecule has 6 heteroatoms. The Hall–Kier alpha value is -1.72. The van der Waals surface area contributed by atoms with Crippen LogP contribution in [0, 0.1) is 0 Å². The second kappa shape index (κ2) is 4.42. The Bertz CT molecular complexity index is 399. The lowest BCUT2D eigenvalue weighted by Gasteiger charge is -2.14. The molecular formula is C10H9F3O3. The molecule has 0 spiro atoms. The molecule has 0 bridgehead atoms. The molecule has 1 aromatic rings. The fourth-order valence-corrected chi connectivity index (χ4v) is 1.35. The van der Waals surface area contributed by atoms with Gasteiger partial charge in [-0.05, 0) is 6.07 Å². The predicted molar refractivity (Wildman–Crippen MR) is 49.3 cm³/mol. The molecule has 1 rings (SSSR count). The average molecular weight is 234 g/mol. The monoisotopic (exact) mass is 234 g/mol. The Balaban J connectivity index is 3.26. The van der Waals surface area contributed by atoms with Gasteiger partial charge in [-0.3, -0.25) is 4.79 Å².